The Bertz CT molecular complexity index is 1140. The lowest BCUT2D eigenvalue weighted by molar-refractivity contribution is -0.117. The van der Waals surface area contributed by atoms with Crippen LogP contribution in [0, 0.1) is 0 Å². The summed E-state index contributed by atoms with van der Waals surface area (Å²) in [7, 11) is 0. The van der Waals surface area contributed by atoms with Gasteiger partial charge in [-0.15, -0.1) is 0 Å². The maximum absolute atomic E-state index is 13.1. The van der Waals surface area contributed by atoms with Gasteiger partial charge in [0, 0.05) is 19.0 Å². The summed E-state index contributed by atoms with van der Waals surface area (Å²) in [6, 6.07) is 15.6. The highest BCUT2D eigenvalue weighted by Gasteiger charge is 2.35. The summed E-state index contributed by atoms with van der Waals surface area (Å²) >= 11 is 0. The van der Waals surface area contributed by atoms with Gasteiger partial charge in [0.2, 0.25) is 11.8 Å². The van der Waals surface area contributed by atoms with Crippen LogP contribution in [-0.4, -0.2) is 30.3 Å². The zero-order chi connectivity index (χ0) is 21.4. The van der Waals surface area contributed by atoms with Crippen molar-refractivity contribution in [1.29, 1.82) is 0 Å². The average Bonchev–Trinajstić information content (AvgIpc) is 3.27. The highest BCUT2D eigenvalue weighted by molar-refractivity contribution is 6.10. The molecule has 0 aliphatic carbocycles. The lowest BCUT2D eigenvalue weighted by atomic mass is 9.99. The Morgan fingerprint density at radius 2 is 1.77 bits per heavy atom. The van der Waals surface area contributed by atoms with Gasteiger partial charge in [-0.2, -0.15) is 0 Å². The second-order valence-corrected chi connectivity index (χ2v) is 7.28. The van der Waals surface area contributed by atoms with Crippen molar-refractivity contribution in [3.63, 3.8) is 0 Å². The standard InChI is InChI=1S/C23H21N3O4/c1-14-13-25(23(29)21-7-4-10-30-21)20-12-17(8-9-19(20)26(14)15(2)27)16-5-3-6-18(11-16)22(24)28/h3-12,14H,13H2,1-2H3,(H2,24,28). The predicted molar refractivity (Wildman–Crippen MR) is 113 cm³/mol. The third-order valence-electron chi connectivity index (χ3n) is 5.21. The van der Waals surface area contributed by atoms with Crippen LogP contribution in [0.3, 0.4) is 0 Å². The van der Waals surface area contributed by atoms with Crippen LogP contribution in [0.4, 0.5) is 11.4 Å². The van der Waals surface area contributed by atoms with E-state index in [2.05, 4.69) is 0 Å². The van der Waals surface area contributed by atoms with Crippen molar-refractivity contribution in [1.82, 2.24) is 0 Å². The number of benzene rings is 2. The van der Waals surface area contributed by atoms with Gasteiger partial charge in [-0.3, -0.25) is 14.4 Å². The van der Waals surface area contributed by atoms with Crippen molar-refractivity contribution in [2.75, 3.05) is 16.3 Å². The van der Waals surface area contributed by atoms with E-state index in [9.17, 15) is 14.4 Å². The summed E-state index contributed by atoms with van der Waals surface area (Å²) < 4.78 is 5.31. The maximum Gasteiger partial charge on any atom is 0.294 e. The topological polar surface area (TPSA) is 96.9 Å². The van der Waals surface area contributed by atoms with Crippen LogP contribution in [0.5, 0.6) is 0 Å². The molecule has 30 heavy (non-hydrogen) atoms. The smallest absolute Gasteiger partial charge is 0.294 e. The summed E-state index contributed by atoms with van der Waals surface area (Å²) in [5.74, 6) is -0.664. The molecular formula is C23H21N3O4. The van der Waals surface area contributed by atoms with Crippen LogP contribution in [0.2, 0.25) is 0 Å². The second kappa shape index (κ2) is 7.51. The Morgan fingerprint density at radius 3 is 2.43 bits per heavy atom. The van der Waals surface area contributed by atoms with E-state index in [1.165, 1.54) is 13.2 Å². The minimum atomic E-state index is -0.513. The fraction of sp³-hybridized carbons (Fsp3) is 0.174. The molecule has 1 aliphatic rings. The molecular weight excluding hydrogens is 382 g/mol. The summed E-state index contributed by atoms with van der Waals surface area (Å²) in [5, 5.41) is 0. The first kappa shape index (κ1) is 19.4. The molecule has 4 rings (SSSR count). The molecule has 7 nitrogen and oxygen atoms in total. The maximum atomic E-state index is 13.1. The molecule has 0 radical (unpaired) electrons. The fourth-order valence-corrected chi connectivity index (χ4v) is 3.86. The van der Waals surface area contributed by atoms with Crippen molar-refractivity contribution in [2.45, 2.75) is 19.9 Å². The molecule has 152 valence electrons. The van der Waals surface area contributed by atoms with E-state index < -0.39 is 5.91 Å². The van der Waals surface area contributed by atoms with Gasteiger partial charge in [0.15, 0.2) is 5.76 Å². The van der Waals surface area contributed by atoms with Crippen molar-refractivity contribution in [3.8, 4) is 11.1 Å². The van der Waals surface area contributed by atoms with Gasteiger partial charge in [-0.1, -0.05) is 18.2 Å². The van der Waals surface area contributed by atoms with Crippen LogP contribution in [-0.2, 0) is 4.79 Å². The molecule has 7 heteroatoms. The zero-order valence-corrected chi connectivity index (χ0v) is 16.7. The van der Waals surface area contributed by atoms with Crippen LogP contribution in [0.15, 0.2) is 65.3 Å². The van der Waals surface area contributed by atoms with Gasteiger partial charge < -0.3 is 20.0 Å². The molecule has 1 aliphatic heterocycles. The molecule has 0 bridgehead atoms. The minimum Gasteiger partial charge on any atom is -0.459 e. The van der Waals surface area contributed by atoms with E-state index in [0.717, 1.165) is 11.1 Å². The summed E-state index contributed by atoms with van der Waals surface area (Å²) in [5.41, 5.74) is 8.64. The Hall–Kier alpha value is -3.87. The van der Waals surface area contributed by atoms with E-state index in [0.29, 0.717) is 23.5 Å². The number of carbonyl (C=O) groups excluding carboxylic acids is 3. The third-order valence-corrected chi connectivity index (χ3v) is 5.21. The molecule has 1 atom stereocenters. The number of anilines is 2. The van der Waals surface area contributed by atoms with Gasteiger partial charge in [-0.05, 0) is 54.4 Å². The predicted octanol–water partition coefficient (Wildman–Crippen LogP) is 3.45. The Labute approximate surface area is 173 Å². The molecule has 0 fully saturated rings. The number of nitrogens with zero attached hydrogens (tertiary/aromatic N) is 2. The third kappa shape index (κ3) is 3.34. The van der Waals surface area contributed by atoms with Gasteiger partial charge in [-0.25, -0.2) is 0 Å². The van der Waals surface area contributed by atoms with E-state index in [-0.39, 0.29) is 23.6 Å². The number of fused-ring (bicyclic) bond motifs is 1. The van der Waals surface area contributed by atoms with Crippen molar-refractivity contribution >= 4 is 29.1 Å². The first-order valence-electron chi connectivity index (χ1n) is 9.56. The summed E-state index contributed by atoms with van der Waals surface area (Å²) in [6.45, 7) is 3.74. The quantitative estimate of drug-likeness (QED) is 0.724. The Morgan fingerprint density at radius 1 is 1.00 bits per heavy atom. The number of hydrogen-bond donors (Lipinski definition) is 1. The number of primary amides is 1. The van der Waals surface area contributed by atoms with Crippen molar-refractivity contribution in [2.24, 2.45) is 5.73 Å². The molecule has 1 unspecified atom stereocenters. The highest BCUT2D eigenvalue weighted by atomic mass is 16.3. The molecule has 0 saturated carbocycles. The average molecular weight is 403 g/mol. The van der Waals surface area contributed by atoms with Crippen molar-refractivity contribution in [3.05, 3.63) is 72.2 Å². The molecule has 2 heterocycles. The van der Waals surface area contributed by atoms with Gasteiger partial charge >= 0.3 is 0 Å². The minimum absolute atomic E-state index is 0.0997. The first-order chi connectivity index (χ1) is 14.4. The van der Waals surface area contributed by atoms with Crippen LogP contribution >= 0.6 is 0 Å². The van der Waals surface area contributed by atoms with E-state index >= 15 is 0 Å². The van der Waals surface area contributed by atoms with Crippen molar-refractivity contribution < 1.29 is 18.8 Å². The molecule has 3 amide bonds. The Balaban J connectivity index is 1.85. The van der Waals surface area contributed by atoms with E-state index in [1.54, 1.807) is 40.1 Å². The van der Waals surface area contributed by atoms with Crippen LogP contribution in [0.25, 0.3) is 11.1 Å². The van der Waals surface area contributed by atoms with Crippen LogP contribution < -0.4 is 15.5 Å². The molecule has 0 saturated heterocycles. The number of rotatable bonds is 3. The lowest BCUT2D eigenvalue weighted by Gasteiger charge is -2.40. The molecule has 2 aromatic carbocycles. The number of amides is 3. The summed E-state index contributed by atoms with van der Waals surface area (Å²) in [6.07, 6.45) is 1.45. The van der Waals surface area contributed by atoms with E-state index in [1.807, 2.05) is 31.2 Å². The number of nitrogens with two attached hydrogens (primary N) is 1. The molecule has 0 spiro atoms. The number of furan rings is 1. The molecule has 2 N–H and O–H groups in total. The lowest BCUT2D eigenvalue weighted by Crippen LogP contribution is -2.51. The molecule has 1 aromatic heterocycles. The van der Waals surface area contributed by atoms with E-state index in [4.69, 9.17) is 10.2 Å². The van der Waals surface area contributed by atoms with Gasteiger partial charge in [0.1, 0.15) is 0 Å². The normalized spacial score (nSPS) is 15.6. The number of hydrogen-bond acceptors (Lipinski definition) is 4. The fourth-order valence-electron chi connectivity index (χ4n) is 3.86. The molecule has 3 aromatic rings. The summed E-state index contributed by atoms with van der Waals surface area (Å²) in [4.78, 5) is 40.3. The Kier molecular flexibility index (Phi) is 4.87. The van der Waals surface area contributed by atoms with Crippen LogP contribution in [0.1, 0.15) is 34.8 Å². The monoisotopic (exact) mass is 403 g/mol. The SMILES string of the molecule is CC(=O)N1c2ccc(-c3cccc(C(N)=O)c3)cc2N(C(=O)c2ccco2)CC1C. The first-order valence-corrected chi connectivity index (χ1v) is 9.56. The number of carbonyl (C=O) groups is 3. The zero-order valence-electron chi connectivity index (χ0n) is 16.7. The van der Waals surface area contributed by atoms with Gasteiger partial charge in [0.05, 0.1) is 23.7 Å². The second-order valence-electron chi connectivity index (χ2n) is 7.28. The van der Waals surface area contributed by atoms with Gasteiger partial charge in [0.25, 0.3) is 5.91 Å². The highest BCUT2D eigenvalue weighted by Crippen LogP contribution is 2.39. The largest absolute Gasteiger partial charge is 0.459 e.